The van der Waals surface area contributed by atoms with Gasteiger partial charge in [0.2, 0.25) is 5.75 Å². The van der Waals surface area contributed by atoms with Gasteiger partial charge in [0.25, 0.3) is 11.8 Å². The molecule has 2 amide bonds. The average Bonchev–Trinajstić information content (AvgIpc) is 2.80. The number of phenols is 1. The summed E-state index contributed by atoms with van der Waals surface area (Å²) in [6.07, 6.45) is 1.03. The lowest BCUT2D eigenvalue weighted by Gasteiger charge is -2.07. The van der Waals surface area contributed by atoms with Crippen LogP contribution in [0, 0.1) is 15.9 Å². The third kappa shape index (κ3) is 5.67. The number of phenolic OH excluding ortho intramolecular Hbond substituents is 1. The van der Waals surface area contributed by atoms with E-state index in [4.69, 9.17) is 4.74 Å². The fourth-order valence-corrected chi connectivity index (χ4v) is 2.74. The number of hydrogen-bond acceptors (Lipinski definition) is 7. The van der Waals surface area contributed by atoms with Crippen molar-refractivity contribution in [1.82, 2.24) is 5.43 Å². The van der Waals surface area contributed by atoms with E-state index in [9.17, 15) is 29.2 Å². The van der Waals surface area contributed by atoms with Gasteiger partial charge in [0.15, 0.2) is 0 Å². The van der Waals surface area contributed by atoms with Gasteiger partial charge in [-0.1, -0.05) is 6.07 Å². The Balaban J connectivity index is 1.71. The van der Waals surface area contributed by atoms with Crippen LogP contribution in [-0.2, 0) is 0 Å². The predicted molar refractivity (Wildman–Crippen MR) is 117 cm³/mol. The smallest absolute Gasteiger partial charge is 0.315 e. The molecule has 11 heteroatoms. The van der Waals surface area contributed by atoms with Crippen LogP contribution >= 0.6 is 0 Å². The summed E-state index contributed by atoms with van der Waals surface area (Å²) in [4.78, 5) is 34.9. The highest BCUT2D eigenvalue weighted by atomic mass is 19.1. The molecule has 0 saturated heterocycles. The van der Waals surface area contributed by atoms with Crippen molar-refractivity contribution in [2.75, 3.05) is 12.4 Å². The number of halogens is 1. The van der Waals surface area contributed by atoms with Crippen molar-refractivity contribution in [3.63, 3.8) is 0 Å². The van der Waals surface area contributed by atoms with Gasteiger partial charge in [-0.2, -0.15) is 5.10 Å². The normalized spacial score (nSPS) is 10.6. The lowest BCUT2D eigenvalue weighted by atomic mass is 10.1. The van der Waals surface area contributed by atoms with Crippen molar-refractivity contribution in [2.45, 2.75) is 0 Å². The third-order valence-electron chi connectivity index (χ3n) is 4.38. The summed E-state index contributed by atoms with van der Waals surface area (Å²) in [5.74, 6) is -2.11. The van der Waals surface area contributed by atoms with Crippen molar-refractivity contribution in [3.05, 3.63) is 93.3 Å². The zero-order valence-corrected chi connectivity index (χ0v) is 17.1. The summed E-state index contributed by atoms with van der Waals surface area (Å²) < 4.78 is 18.0. The Kier molecular flexibility index (Phi) is 6.94. The number of hydrogen-bond donors (Lipinski definition) is 3. The maximum atomic E-state index is 13.0. The summed E-state index contributed by atoms with van der Waals surface area (Å²) in [6, 6.07) is 13.3. The number of amides is 2. The first kappa shape index (κ1) is 22.9. The number of nitrogens with one attached hydrogen (secondary N) is 2. The summed E-state index contributed by atoms with van der Waals surface area (Å²) in [5, 5.41) is 27.4. The Hall–Kier alpha value is -4.80. The van der Waals surface area contributed by atoms with Gasteiger partial charge in [-0.05, 0) is 48.5 Å². The Labute approximate surface area is 186 Å². The van der Waals surface area contributed by atoms with Gasteiger partial charge in [0.05, 0.1) is 24.3 Å². The summed E-state index contributed by atoms with van der Waals surface area (Å²) in [6.45, 7) is 0. The van der Waals surface area contributed by atoms with E-state index in [1.807, 2.05) is 0 Å². The van der Waals surface area contributed by atoms with Crippen molar-refractivity contribution >= 4 is 29.4 Å². The number of aromatic hydroxyl groups is 1. The molecule has 168 valence electrons. The van der Waals surface area contributed by atoms with Crippen LogP contribution in [0.15, 0.2) is 65.8 Å². The SMILES string of the molecule is COc1cc(C=NNC(=O)c2cccc(NC(=O)c3ccc(F)cc3)c2)c(O)c([N+](=O)[O-])c1. The highest BCUT2D eigenvalue weighted by molar-refractivity contribution is 6.05. The molecule has 3 aromatic rings. The van der Waals surface area contributed by atoms with Gasteiger partial charge in [-0.25, -0.2) is 9.82 Å². The van der Waals surface area contributed by atoms with Crippen LogP contribution in [0.25, 0.3) is 0 Å². The number of anilines is 1. The van der Waals surface area contributed by atoms with Crippen molar-refractivity contribution in [3.8, 4) is 11.5 Å². The minimum Gasteiger partial charge on any atom is -0.502 e. The van der Waals surface area contributed by atoms with E-state index in [0.717, 1.165) is 24.4 Å². The van der Waals surface area contributed by atoms with E-state index < -0.39 is 34.0 Å². The molecule has 3 aromatic carbocycles. The highest BCUT2D eigenvalue weighted by Gasteiger charge is 2.19. The number of nitro groups is 1. The van der Waals surface area contributed by atoms with Crippen LogP contribution in [0.2, 0.25) is 0 Å². The van der Waals surface area contributed by atoms with E-state index in [1.54, 1.807) is 6.07 Å². The van der Waals surface area contributed by atoms with Gasteiger partial charge in [0.1, 0.15) is 11.6 Å². The van der Waals surface area contributed by atoms with Gasteiger partial charge >= 0.3 is 5.69 Å². The second-order valence-electron chi connectivity index (χ2n) is 6.58. The molecule has 0 radical (unpaired) electrons. The van der Waals surface area contributed by atoms with Crippen LogP contribution < -0.4 is 15.5 Å². The fraction of sp³-hybridized carbons (Fsp3) is 0.0455. The van der Waals surface area contributed by atoms with Crippen molar-refractivity contribution < 1.29 is 28.7 Å². The van der Waals surface area contributed by atoms with Gasteiger partial charge < -0.3 is 15.2 Å². The van der Waals surface area contributed by atoms with Crippen LogP contribution in [0.4, 0.5) is 15.8 Å². The number of benzene rings is 3. The number of nitrogens with zero attached hydrogens (tertiary/aromatic N) is 2. The Bertz CT molecular complexity index is 1240. The zero-order valence-electron chi connectivity index (χ0n) is 17.1. The first-order valence-electron chi connectivity index (χ1n) is 9.34. The molecule has 0 atom stereocenters. The molecule has 0 spiro atoms. The van der Waals surface area contributed by atoms with Gasteiger partial charge in [-0.15, -0.1) is 0 Å². The quantitative estimate of drug-likeness (QED) is 0.285. The fourth-order valence-electron chi connectivity index (χ4n) is 2.74. The van der Waals surface area contributed by atoms with E-state index in [2.05, 4.69) is 15.8 Å². The molecule has 10 nitrogen and oxygen atoms in total. The zero-order chi connectivity index (χ0) is 24.0. The standard InChI is InChI=1S/C22H17FN4O6/c1-33-18-10-15(20(28)19(11-18)27(31)32)12-24-26-22(30)14-3-2-4-17(9-14)25-21(29)13-5-7-16(23)8-6-13/h2-12,28H,1H3,(H,25,29)(H,26,30). The maximum absolute atomic E-state index is 13.0. The third-order valence-corrected chi connectivity index (χ3v) is 4.38. The molecule has 0 aliphatic carbocycles. The molecular formula is C22H17FN4O6. The van der Waals surface area contributed by atoms with Crippen LogP contribution in [-0.4, -0.2) is 35.2 Å². The lowest BCUT2D eigenvalue weighted by Crippen LogP contribution is -2.18. The summed E-state index contributed by atoms with van der Waals surface area (Å²) in [7, 11) is 1.31. The van der Waals surface area contributed by atoms with Crippen LogP contribution in [0.5, 0.6) is 11.5 Å². The van der Waals surface area contributed by atoms with Gasteiger partial charge in [-0.3, -0.25) is 19.7 Å². The number of carbonyl (C=O) groups is 2. The Morgan fingerprint density at radius 2 is 1.82 bits per heavy atom. The lowest BCUT2D eigenvalue weighted by molar-refractivity contribution is -0.385. The van der Waals surface area contributed by atoms with Crippen LogP contribution in [0.1, 0.15) is 26.3 Å². The number of carbonyl (C=O) groups excluding carboxylic acids is 2. The van der Waals surface area contributed by atoms with E-state index >= 15 is 0 Å². The molecule has 0 aliphatic heterocycles. The number of nitro benzene ring substituents is 1. The van der Waals surface area contributed by atoms with Crippen molar-refractivity contribution in [2.24, 2.45) is 5.10 Å². The van der Waals surface area contributed by atoms with E-state index in [1.165, 1.54) is 43.5 Å². The monoisotopic (exact) mass is 452 g/mol. The number of hydrazone groups is 1. The Morgan fingerprint density at radius 1 is 1.09 bits per heavy atom. The van der Waals surface area contributed by atoms with Crippen molar-refractivity contribution in [1.29, 1.82) is 0 Å². The number of methoxy groups -OCH3 is 1. The molecule has 0 fully saturated rings. The van der Waals surface area contributed by atoms with E-state index in [0.29, 0.717) is 5.69 Å². The number of ether oxygens (including phenoxy) is 1. The summed E-state index contributed by atoms with van der Waals surface area (Å²) in [5.41, 5.74) is 2.33. The number of rotatable bonds is 7. The average molecular weight is 452 g/mol. The first-order chi connectivity index (χ1) is 15.8. The van der Waals surface area contributed by atoms with Gasteiger partial charge in [0, 0.05) is 22.4 Å². The molecule has 3 rings (SSSR count). The molecule has 0 aliphatic rings. The minimum absolute atomic E-state index is 0.0401. The molecule has 0 bridgehead atoms. The summed E-state index contributed by atoms with van der Waals surface area (Å²) >= 11 is 0. The van der Waals surface area contributed by atoms with E-state index in [-0.39, 0.29) is 22.4 Å². The molecule has 0 heterocycles. The first-order valence-corrected chi connectivity index (χ1v) is 9.34. The second-order valence-corrected chi connectivity index (χ2v) is 6.58. The molecule has 3 N–H and O–H groups in total. The molecule has 0 unspecified atom stereocenters. The molecule has 0 saturated carbocycles. The Morgan fingerprint density at radius 3 is 2.48 bits per heavy atom. The largest absolute Gasteiger partial charge is 0.502 e. The van der Waals surface area contributed by atoms with Crippen LogP contribution in [0.3, 0.4) is 0 Å². The molecule has 0 aromatic heterocycles. The molecular weight excluding hydrogens is 435 g/mol. The highest BCUT2D eigenvalue weighted by Crippen LogP contribution is 2.33. The topological polar surface area (TPSA) is 143 Å². The minimum atomic E-state index is -0.778. The molecule has 33 heavy (non-hydrogen) atoms. The second kappa shape index (κ2) is 10.0. The maximum Gasteiger partial charge on any atom is 0.315 e. The predicted octanol–water partition coefficient (Wildman–Crippen LogP) is 3.46.